The van der Waals surface area contributed by atoms with Gasteiger partial charge in [0.2, 0.25) is 5.91 Å². The third-order valence-corrected chi connectivity index (χ3v) is 4.16. The molecule has 27 heavy (non-hydrogen) atoms. The van der Waals surface area contributed by atoms with Crippen LogP contribution in [0.5, 0.6) is 0 Å². The summed E-state index contributed by atoms with van der Waals surface area (Å²) in [6, 6.07) is 15.5. The average Bonchev–Trinajstić information content (AvgIpc) is 3.05. The van der Waals surface area contributed by atoms with Gasteiger partial charge in [-0.15, -0.1) is 0 Å². The smallest absolute Gasteiger partial charge is 0.269 e. The number of pyridine rings is 1. The zero-order chi connectivity index (χ0) is 18.8. The largest absolute Gasteiger partial charge is 0.353 e. The summed E-state index contributed by atoms with van der Waals surface area (Å²) < 4.78 is 0. The average molecular weight is 358 g/mol. The number of fused-ring (bicyclic) bond motifs is 3. The van der Waals surface area contributed by atoms with E-state index in [-0.39, 0.29) is 11.6 Å². The summed E-state index contributed by atoms with van der Waals surface area (Å²) in [5, 5.41) is 15.4. The highest BCUT2D eigenvalue weighted by molar-refractivity contribution is 6.07. The van der Waals surface area contributed by atoms with Gasteiger partial charge in [0.05, 0.1) is 22.3 Å². The number of carbonyl (C=O) groups is 1. The lowest BCUT2D eigenvalue weighted by Crippen LogP contribution is -2.07. The molecule has 0 unspecified atom stereocenters. The van der Waals surface area contributed by atoms with Crippen molar-refractivity contribution in [2.45, 2.75) is 0 Å². The zero-order valence-corrected chi connectivity index (χ0v) is 14.0. The van der Waals surface area contributed by atoms with Crippen LogP contribution in [-0.4, -0.2) is 20.8 Å². The van der Waals surface area contributed by atoms with Gasteiger partial charge in [0.15, 0.2) is 0 Å². The Morgan fingerprint density at radius 1 is 1.07 bits per heavy atom. The second-order valence-electron chi connectivity index (χ2n) is 5.95. The maximum absolute atomic E-state index is 12.1. The van der Waals surface area contributed by atoms with Gasteiger partial charge in [-0.1, -0.05) is 18.2 Å². The molecule has 4 aromatic rings. The van der Waals surface area contributed by atoms with Gasteiger partial charge in [-0.05, 0) is 30.3 Å². The summed E-state index contributed by atoms with van der Waals surface area (Å²) in [7, 11) is 0. The lowest BCUT2D eigenvalue weighted by molar-refractivity contribution is -0.384. The minimum atomic E-state index is -0.488. The molecule has 0 atom stereocenters. The quantitative estimate of drug-likeness (QED) is 0.323. The van der Waals surface area contributed by atoms with Crippen LogP contribution in [0, 0.1) is 10.1 Å². The SMILES string of the molecule is O=C(/C=C/c1cc2c(cn1)[nH]c1ccccc12)Nc1ccc([N+](=O)[O-])cc1. The number of benzene rings is 2. The minimum absolute atomic E-state index is 0.0280. The van der Waals surface area contributed by atoms with E-state index < -0.39 is 4.92 Å². The number of carbonyl (C=O) groups excluding carboxylic acids is 1. The number of aromatic amines is 1. The Balaban J connectivity index is 1.52. The Bertz CT molecular complexity index is 1190. The number of nitrogens with one attached hydrogen (secondary N) is 2. The number of nitro benzene ring substituents is 1. The number of para-hydroxylation sites is 1. The summed E-state index contributed by atoms with van der Waals surface area (Å²) >= 11 is 0. The lowest BCUT2D eigenvalue weighted by Gasteiger charge is -2.01. The Labute approximate surface area is 153 Å². The number of nitro groups is 1. The fraction of sp³-hybridized carbons (Fsp3) is 0. The first-order valence-electron chi connectivity index (χ1n) is 8.20. The van der Waals surface area contributed by atoms with E-state index in [4.69, 9.17) is 0 Å². The standard InChI is InChI=1S/C20H14N4O3/c25-20(22-13-5-8-15(9-6-13)24(26)27)10-7-14-11-17-16-3-1-2-4-18(16)23-19(17)12-21-14/h1-12,23H,(H,22,25)/b10-7+. The summed E-state index contributed by atoms with van der Waals surface area (Å²) in [6.07, 6.45) is 4.75. The number of anilines is 1. The Kier molecular flexibility index (Phi) is 4.10. The first-order valence-corrected chi connectivity index (χ1v) is 8.20. The molecule has 0 saturated heterocycles. The van der Waals surface area contributed by atoms with Crippen LogP contribution in [0.2, 0.25) is 0 Å². The number of nitrogens with zero attached hydrogens (tertiary/aromatic N) is 2. The van der Waals surface area contributed by atoms with Crippen LogP contribution >= 0.6 is 0 Å². The highest BCUT2D eigenvalue weighted by atomic mass is 16.6. The number of non-ortho nitro benzene ring substituents is 1. The van der Waals surface area contributed by atoms with Gasteiger partial charge in [0.25, 0.3) is 5.69 Å². The molecule has 1 amide bonds. The fourth-order valence-corrected chi connectivity index (χ4v) is 2.87. The number of hydrogen-bond donors (Lipinski definition) is 2. The fourth-order valence-electron chi connectivity index (χ4n) is 2.87. The topological polar surface area (TPSA) is 101 Å². The molecule has 2 aromatic heterocycles. The molecule has 0 spiro atoms. The van der Waals surface area contributed by atoms with Gasteiger partial charge >= 0.3 is 0 Å². The molecule has 0 bridgehead atoms. The monoisotopic (exact) mass is 358 g/mol. The third-order valence-electron chi connectivity index (χ3n) is 4.16. The van der Waals surface area contributed by atoms with Crippen molar-refractivity contribution < 1.29 is 9.72 Å². The van der Waals surface area contributed by atoms with Crippen LogP contribution in [0.15, 0.2) is 66.9 Å². The summed E-state index contributed by atoms with van der Waals surface area (Å²) in [4.78, 5) is 29.9. The molecule has 0 aliphatic heterocycles. The van der Waals surface area contributed by atoms with Crippen LogP contribution in [-0.2, 0) is 4.79 Å². The minimum Gasteiger partial charge on any atom is -0.353 e. The van der Waals surface area contributed by atoms with Gasteiger partial charge in [-0.25, -0.2) is 0 Å². The summed E-state index contributed by atoms with van der Waals surface area (Å²) in [5.41, 5.74) is 3.08. The number of hydrogen-bond acceptors (Lipinski definition) is 4. The second-order valence-corrected chi connectivity index (χ2v) is 5.95. The van der Waals surface area contributed by atoms with E-state index in [0.717, 1.165) is 21.8 Å². The third kappa shape index (κ3) is 3.38. The molecule has 0 fully saturated rings. The van der Waals surface area contributed by atoms with Crippen molar-refractivity contribution >= 4 is 45.2 Å². The molecule has 132 valence electrons. The van der Waals surface area contributed by atoms with Crippen molar-refractivity contribution in [1.82, 2.24) is 9.97 Å². The molecular weight excluding hydrogens is 344 g/mol. The second kappa shape index (κ2) is 6.72. The van der Waals surface area contributed by atoms with E-state index in [1.807, 2.05) is 30.3 Å². The maximum Gasteiger partial charge on any atom is 0.269 e. The van der Waals surface area contributed by atoms with Gasteiger partial charge < -0.3 is 10.3 Å². The Morgan fingerprint density at radius 3 is 2.63 bits per heavy atom. The molecule has 0 aliphatic rings. The summed E-state index contributed by atoms with van der Waals surface area (Å²) in [6.45, 7) is 0. The Morgan fingerprint density at radius 2 is 1.85 bits per heavy atom. The van der Waals surface area contributed by atoms with Gasteiger partial charge in [0, 0.05) is 40.2 Å². The van der Waals surface area contributed by atoms with E-state index in [1.165, 1.54) is 30.3 Å². The van der Waals surface area contributed by atoms with Crippen molar-refractivity contribution in [3.05, 3.63) is 82.7 Å². The van der Waals surface area contributed by atoms with Gasteiger partial charge in [-0.2, -0.15) is 0 Å². The van der Waals surface area contributed by atoms with Gasteiger partial charge in [-0.3, -0.25) is 19.9 Å². The summed E-state index contributed by atoms with van der Waals surface area (Å²) in [5.74, 6) is -0.343. The van der Waals surface area contributed by atoms with Crippen molar-refractivity contribution in [1.29, 1.82) is 0 Å². The van der Waals surface area contributed by atoms with Crippen LogP contribution in [0.1, 0.15) is 5.69 Å². The molecule has 7 nitrogen and oxygen atoms in total. The van der Waals surface area contributed by atoms with Crippen molar-refractivity contribution in [3.8, 4) is 0 Å². The molecule has 4 rings (SSSR count). The van der Waals surface area contributed by atoms with Crippen LogP contribution in [0.3, 0.4) is 0 Å². The van der Waals surface area contributed by atoms with Crippen LogP contribution < -0.4 is 5.32 Å². The molecule has 2 aromatic carbocycles. The van der Waals surface area contributed by atoms with Crippen LogP contribution in [0.4, 0.5) is 11.4 Å². The molecule has 0 aliphatic carbocycles. The number of aromatic nitrogens is 2. The first-order chi connectivity index (χ1) is 13.1. The molecule has 0 saturated carbocycles. The normalized spacial score (nSPS) is 11.3. The van der Waals surface area contributed by atoms with E-state index in [9.17, 15) is 14.9 Å². The highest BCUT2D eigenvalue weighted by Crippen LogP contribution is 2.25. The predicted octanol–water partition coefficient (Wildman–Crippen LogP) is 4.28. The number of rotatable bonds is 4. The van der Waals surface area contributed by atoms with E-state index in [0.29, 0.717) is 11.4 Å². The molecule has 2 N–H and O–H groups in total. The zero-order valence-electron chi connectivity index (χ0n) is 14.0. The highest BCUT2D eigenvalue weighted by Gasteiger charge is 2.06. The van der Waals surface area contributed by atoms with Gasteiger partial charge in [0.1, 0.15) is 0 Å². The first kappa shape index (κ1) is 16.5. The van der Waals surface area contributed by atoms with Crippen molar-refractivity contribution in [2.24, 2.45) is 0 Å². The lowest BCUT2D eigenvalue weighted by atomic mass is 10.1. The number of H-pyrrole nitrogens is 1. The number of amides is 1. The molecule has 2 heterocycles. The molecule has 0 radical (unpaired) electrons. The van der Waals surface area contributed by atoms with E-state index in [1.54, 1.807) is 12.3 Å². The van der Waals surface area contributed by atoms with Crippen molar-refractivity contribution in [2.75, 3.05) is 5.32 Å². The molecular formula is C20H14N4O3. The van der Waals surface area contributed by atoms with E-state index >= 15 is 0 Å². The predicted molar refractivity (Wildman–Crippen MR) is 104 cm³/mol. The van der Waals surface area contributed by atoms with Crippen LogP contribution in [0.25, 0.3) is 27.9 Å². The van der Waals surface area contributed by atoms with E-state index in [2.05, 4.69) is 15.3 Å². The molecule has 7 heteroatoms. The van der Waals surface area contributed by atoms with Crippen molar-refractivity contribution in [3.63, 3.8) is 0 Å². The maximum atomic E-state index is 12.1. The Hall–Kier alpha value is -4.00.